The molecule has 0 aromatic rings. The topological polar surface area (TPSA) is 3.24 Å². The minimum Gasteiger partial charge on any atom is -0.303 e. The molecule has 80 valence electrons. The van der Waals surface area contributed by atoms with Gasteiger partial charge in [-0.2, -0.15) is 0 Å². The monoisotopic (exact) mass is 185 g/mol. The van der Waals surface area contributed by atoms with Gasteiger partial charge >= 0.3 is 0 Å². The Morgan fingerprint density at radius 1 is 1.15 bits per heavy atom. The molecule has 13 heavy (non-hydrogen) atoms. The van der Waals surface area contributed by atoms with E-state index < -0.39 is 0 Å². The first-order chi connectivity index (χ1) is 6.20. The molecule has 0 N–H and O–H groups in total. The van der Waals surface area contributed by atoms with Crippen LogP contribution in [-0.4, -0.2) is 24.5 Å². The van der Waals surface area contributed by atoms with Crippen LogP contribution in [0.3, 0.4) is 0 Å². The summed E-state index contributed by atoms with van der Waals surface area (Å²) in [7, 11) is 2.27. The molecule has 1 fully saturated rings. The lowest BCUT2D eigenvalue weighted by atomic mass is 10.1. The Hall–Kier alpha value is -0.0400. The number of hydrogen-bond donors (Lipinski definition) is 0. The second-order valence-electron chi connectivity index (χ2n) is 4.27. The lowest BCUT2D eigenvalue weighted by Gasteiger charge is -2.25. The van der Waals surface area contributed by atoms with E-state index in [9.17, 15) is 0 Å². The standard InChI is InChI=1S/C10H21N.C2H6/c1-9(2)8-11(3)10-6-4-5-7-10;1-2/h9-10H,4-8H2,1-3H3;1-2H3. The van der Waals surface area contributed by atoms with Crippen molar-refractivity contribution < 1.29 is 0 Å². The molecule has 0 aromatic heterocycles. The van der Waals surface area contributed by atoms with Crippen molar-refractivity contribution in [2.45, 2.75) is 59.4 Å². The predicted molar refractivity (Wildman–Crippen MR) is 61.1 cm³/mol. The summed E-state index contributed by atoms with van der Waals surface area (Å²) in [6.07, 6.45) is 5.77. The van der Waals surface area contributed by atoms with Crippen molar-refractivity contribution in [3.63, 3.8) is 0 Å². The second-order valence-corrected chi connectivity index (χ2v) is 4.27. The molecular formula is C12H27N. The Labute approximate surface area is 84.5 Å². The summed E-state index contributed by atoms with van der Waals surface area (Å²) in [5.74, 6) is 0.820. The summed E-state index contributed by atoms with van der Waals surface area (Å²) < 4.78 is 0. The van der Waals surface area contributed by atoms with E-state index in [0.717, 1.165) is 12.0 Å². The average molecular weight is 185 g/mol. The summed E-state index contributed by atoms with van der Waals surface area (Å²) in [5.41, 5.74) is 0. The Morgan fingerprint density at radius 2 is 1.62 bits per heavy atom. The van der Waals surface area contributed by atoms with Crippen LogP contribution in [0.4, 0.5) is 0 Å². The first-order valence-corrected chi connectivity index (χ1v) is 5.90. The van der Waals surface area contributed by atoms with Crippen LogP contribution in [0.25, 0.3) is 0 Å². The van der Waals surface area contributed by atoms with E-state index >= 15 is 0 Å². The molecule has 1 nitrogen and oxygen atoms in total. The summed E-state index contributed by atoms with van der Waals surface area (Å²) >= 11 is 0. The van der Waals surface area contributed by atoms with Gasteiger partial charge < -0.3 is 4.90 Å². The van der Waals surface area contributed by atoms with Gasteiger partial charge in [-0.05, 0) is 25.8 Å². The number of rotatable bonds is 3. The number of nitrogens with zero attached hydrogens (tertiary/aromatic N) is 1. The molecule has 1 aliphatic rings. The van der Waals surface area contributed by atoms with Crippen LogP contribution in [-0.2, 0) is 0 Å². The molecule has 0 radical (unpaired) electrons. The fourth-order valence-corrected chi connectivity index (χ4v) is 2.07. The van der Waals surface area contributed by atoms with Crippen molar-refractivity contribution in [3.05, 3.63) is 0 Å². The second kappa shape index (κ2) is 7.37. The Bertz CT molecular complexity index is 104. The molecule has 0 atom stereocenters. The van der Waals surface area contributed by atoms with E-state index in [1.807, 2.05) is 13.8 Å². The SMILES string of the molecule is CC.CC(C)CN(C)C1CCCC1. The first kappa shape index (κ1) is 13.0. The zero-order chi connectivity index (χ0) is 10.3. The maximum atomic E-state index is 2.54. The van der Waals surface area contributed by atoms with Crippen LogP contribution in [0.2, 0.25) is 0 Å². The van der Waals surface area contributed by atoms with Gasteiger partial charge in [-0.15, -0.1) is 0 Å². The quantitative estimate of drug-likeness (QED) is 0.650. The lowest BCUT2D eigenvalue weighted by molar-refractivity contribution is 0.220. The highest BCUT2D eigenvalue weighted by molar-refractivity contribution is 4.75. The third-order valence-electron chi connectivity index (χ3n) is 2.60. The Kier molecular flexibility index (Phi) is 7.35. The summed E-state index contributed by atoms with van der Waals surface area (Å²) in [6.45, 7) is 9.86. The molecule has 1 aliphatic carbocycles. The molecule has 0 amide bonds. The largest absolute Gasteiger partial charge is 0.303 e. The van der Waals surface area contributed by atoms with Gasteiger partial charge in [-0.3, -0.25) is 0 Å². The van der Waals surface area contributed by atoms with Crippen molar-refractivity contribution in [1.29, 1.82) is 0 Å². The van der Waals surface area contributed by atoms with Crippen LogP contribution in [0, 0.1) is 5.92 Å². The fraction of sp³-hybridized carbons (Fsp3) is 1.00. The fourth-order valence-electron chi connectivity index (χ4n) is 2.07. The minimum absolute atomic E-state index is 0.820. The van der Waals surface area contributed by atoms with Crippen molar-refractivity contribution >= 4 is 0 Å². The van der Waals surface area contributed by atoms with E-state index in [1.165, 1.54) is 32.2 Å². The zero-order valence-corrected chi connectivity index (χ0v) is 10.1. The van der Waals surface area contributed by atoms with Crippen molar-refractivity contribution in [2.75, 3.05) is 13.6 Å². The summed E-state index contributed by atoms with van der Waals surface area (Å²) in [5, 5.41) is 0. The smallest absolute Gasteiger partial charge is 0.00923 e. The normalized spacial score (nSPS) is 17.8. The highest BCUT2D eigenvalue weighted by Gasteiger charge is 2.19. The third-order valence-corrected chi connectivity index (χ3v) is 2.60. The molecule has 0 bridgehead atoms. The average Bonchev–Trinajstić information content (AvgIpc) is 2.58. The predicted octanol–water partition coefficient (Wildman–Crippen LogP) is 3.54. The maximum absolute atomic E-state index is 2.54. The van der Waals surface area contributed by atoms with Gasteiger partial charge in [-0.25, -0.2) is 0 Å². The molecule has 0 aromatic carbocycles. The minimum atomic E-state index is 0.820. The Morgan fingerprint density at radius 3 is 2.00 bits per heavy atom. The van der Waals surface area contributed by atoms with Crippen LogP contribution < -0.4 is 0 Å². The molecule has 0 aliphatic heterocycles. The van der Waals surface area contributed by atoms with Crippen molar-refractivity contribution in [2.24, 2.45) is 5.92 Å². The highest BCUT2D eigenvalue weighted by Crippen LogP contribution is 2.22. The van der Waals surface area contributed by atoms with E-state index in [4.69, 9.17) is 0 Å². The Balaban J connectivity index is 0.000000671. The van der Waals surface area contributed by atoms with Crippen LogP contribution in [0.5, 0.6) is 0 Å². The van der Waals surface area contributed by atoms with Crippen LogP contribution >= 0.6 is 0 Å². The van der Waals surface area contributed by atoms with Crippen molar-refractivity contribution in [1.82, 2.24) is 4.90 Å². The van der Waals surface area contributed by atoms with Gasteiger partial charge in [0, 0.05) is 12.6 Å². The molecule has 0 unspecified atom stereocenters. The van der Waals surface area contributed by atoms with E-state index in [-0.39, 0.29) is 0 Å². The summed E-state index contributed by atoms with van der Waals surface area (Å²) in [4.78, 5) is 2.54. The molecule has 1 saturated carbocycles. The first-order valence-electron chi connectivity index (χ1n) is 5.90. The van der Waals surface area contributed by atoms with Crippen LogP contribution in [0.15, 0.2) is 0 Å². The molecule has 1 heteroatoms. The van der Waals surface area contributed by atoms with Gasteiger partial charge in [0.15, 0.2) is 0 Å². The van der Waals surface area contributed by atoms with E-state index in [0.29, 0.717) is 0 Å². The van der Waals surface area contributed by atoms with Gasteiger partial charge in [0.05, 0.1) is 0 Å². The molecular weight excluding hydrogens is 158 g/mol. The lowest BCUT2D eigenvalue weighted by Crippen LogP contribution is -2.32. The van der Waals surface area contributed by atoms with E-state index in [1.54, 1.807) is 0 Å². The third kappa shape index (κ3) is 5.30. The van der Waals surface area contributed by atoms with Gasteiger partial charge in [-0.1, -0.05) is 40.5 Å². The number of hydrogen-bond acceptors (Lipinski definition) is 1. The molecule has 0 saturated heterocycles. The van der Waals surface area contributed by atoms with Gasteiger partial charge in [0.1, 0.15) is 0 Å². The van der Waals surface area contributed by atoms with E-state index in [2.05, 4.69) is 25.8 Å². The van der Waals surface area contributed by atoms with Crippen molar-refractivity contribution in [3.8, 4) is 0 Å². The van der Waals surface area contributed by atoms with Crippen LogP contribution in [0.1, 0.15) is 53.4 Å². The maximum Gasteiger partial charge on any atom is 0.00923 e. The zero-order valence-electron chi connectivity index (χ0n) is 10.1. The molecule has 1 rings (SSSR count). The molecule has 0 spiro atoms. The highest BCUT2D eigenvalue weighted by atomic mass is 15.1. The van der Waals surface area contributed by atoms with Gasteiger partial charge in [0.25, 0.3) is 0 Å². The van der Waals surface area contributed by atoms with Gasteiger partial charge in [0.2, 0.25) is 0 Å². The summed E-state index contributed by atoms with van der Waals surface area (Å²) in [6, 6.07) is 0.900. The molecule has 0 heterocycles.